The molecule has 2 aromatic rings. The van der Waals surface area contributed by atoms with Crippen molar-refractivity contribution in [3.8, 4) is 5.75 Å². The van der Waals surface area contributed by atoms with Gasteiger partial charge in [-0.25, -0.2) is 0 Å². The van der Waals surface area contributed by atoms with E-state index in [2.05, 4.69) is 4.98 Å². The van der Waals surface area contributed by atoms with Crippen LogP contribution in [0.4, 0.5) is 0 Å². The lowest BCUT2D eigenvalue weighted by Gasteiger charge is -2.23. The van der Waals surface area contributed by atoms with Gasteiger partial charge in [0.05, 0.1) is 18.7 Å². The Morgan fingerprint density at radius 2 is 2.09 bits per heavy atom. The lowest BCUT2D eigenvalue weighted by Crippen LogP contribution is -2.39. The molecule has 1 heterocycles. The smallest absolute Gasteiger partial charge is 0.273 e. The Bertz CT molecular complexity index is 747. The first-order valence-electron chi connectivity index (χ1n) is 7.48. The minimum atomic E-state index is -3.79. The number of hydrogen-bond donors (Lipinski definition) is 1. The monoisotopic (exact) mass is 339 g/mol. The molecule has 0 radical (unpaired) electrons. The fourth-order valence-corrected chi connectivity index (χ4v) is 3.20. The second-order valence-electron chi connectivity index (χ2n) is 5.22. The largest absolute Gasteiger partial charge is 0.487 e. The zero-order chi connectivity index (χ0) is 16.9. The topological polar surface area (TPSA) is 85.7 Å². The maximum absolute atomic E-state index is 12.1. The molecule has 0 fully saturated rings. The zero-order valence-electron chi connectivity index (χ0n) is 13.2. The molecule has 0 spiro atoms. The van der Waals surface area contributed by atoms with Gasteiger partial charge in [-0.2, -0.15) is 8.42 Å². The number of aliphatic hydroxyl groups excluding tert-OH is 1. The van der Waals surface area contributed by atoms with Crippen LogP contribution in [-0.4, -0.2) is 43.1 Å². The van der Waals surface area contributed by atoms with Crippen molar-refractivity contribution in [2.75, 3.05) is 13.2 Å². The van der Waals surface area contributed by atoms with E-state index in [1.54, 1.807) is 30.5 Å². The van der Waals surface area contributed by atoms with Gasteiger partial charge in [-0.3, -0.25) is 9.17 Å². The summed E-state index contributed by atoms with van der Waals surface area (Å²) in [6.07, 6.45) is 1.37. The van der Waals surface area contributed by atoms with Crippen LogP contribution in [0.1, 0.15) is 20.3 Å². The van der Waals surface area contributed by atoms with E-state index >= 15 is 0 Å². The Morgan fingerprint density at radius 3 is 2.78 bits per heavy atom. The summed E-state index contributed by atoms with van der Waals surface area (Å²) in [4.78, 5) is 4.21. The van der Waals surface area contributed by atoms with Gasteiger partial charge in [-0.15, -0.1) is 0 Å². The number of benzene rings is 1. The van der Waals surface area contributed by atoms with Crippen molar-refractivity contribution in [1.29, 1.82) is 0 Å². The van der Waals surface area contributed by atoms with Crippen molar-refractivity contribution < 1.29 is 22.4 Å². The highest BCUT2D eigenvalue weighted by Gasteiger charge is 2.31. The summed E-state index contributed by atoms with van der Waals surface area (Å²) in [6, 6.07) is 8.93. The van der Waals surface area contributed by atoms with Crippen molar-refractivity contribution in [3.63, 3.8) is 0 Å². The molecule has 2 unspecified atom stereocenters. The standard InChI is InChI=1S/C16H21NO5S/c1-3-9-21-23(19,20)12(2)16(11-18)22-14-6-7-15-13(10-14)5-4-8-17-15/h4-8,10,12,16,18H,3,9,11H2,1-2H3. The SMILES string of the molecule is CCCOS(=O)(=O)C(C)C(CO)Oc1ccc2ncccc2c1. The Balaban J connectivity index is 2.17. The normalized spacial score (nSPS) is 14.6. The van der Waals surface area contributed by atoms with E-state index in [-0.39, 0.29) is 6.61 Å². The third-order valence-electron chi connectivity index (χ3n) is 3.47. The first kappa shape index (κ1) is 17.7. The first-order chi connectivity index (χ1) is 11.0. The minimum Gasteiger partial charge on any atom is -0.487 e. The molecule has 23 heavy (non-hydrogen) atoms. The molecular weight excluding hydrogens is 318 g/mol. The Hall–Kier alpha value is -1.70. The summed E-state index contributed by atoms with van der Waals surface area (Å²) in [6.45, 7) is 2.98. The predicted molar refractivity (Wildman–Crippen MR) is 87.9 cm³/mol. The molecule has 0 aliphatic carbocycles. The zero-order valence-corrected chi connectivity index (χ0v) is 14.0. The maximum atomic E-state index is 12.1. The van der Waals surface area contributed by atoms with E-state index in [0.29, 0.717) is 12.2 Å². The van der Waals surface area contributed by atoms with Crippen molar-refractivity contribution in [2.45, 2.75) is 31.6 Å². The van der Waals surface area contributed by atoms with Gasteiger partial charge in [0.1, 0.15) is 17.1 Å². The van der Waals surface area contributed by atoms with E-state index in [1.807, 2.05) is 13.0 Å². The number of aliphatic hydroxyl groups is 1. The van der Waals surface area contributed by atoms with Crippen molar-refractivity contribution >= 4 is 21.0 Å². The number of fused-ring (bicyclic) bond motifs is 1. The number of rotatable bonds is 8. The number of aromatic nitrogens is 1. The van der Waals surface area contributed by atoms with Crippen molar-refractivity contribution in [2.24, 2.45) is 0 Å². The quantitative estimate of drug-likeness (QED) is 0.742. The molecule has 6 nitrogen and oxygen atoms in total. The fraction of sp³-hybridized carbons (Fsp3) is 0.438. The molecule has 1 aromatic carbocycles. The third kappa shape index (κ3) is 4.40. The average molecular weight is 339 g/mol. The Kier molecular flexibility index (Phi) is 5.92. The average Bonchev–Trinajstić information content (AvgIpc) is 2.57. The fourth-order valence-electron chi connectivity index (χ4n) is 2.08. The molecule has 7 heteroatoms. The highest BCUT2D eigenvalue weighted by Crippen LogP contribution is 2.22. The molecule has 2 rings (SSSR count). The van der Waals surface area contributed by atoms with Gasteiger partial charge in [0.25, 0.3) is 10.1 Å². The summed E-state index contributed by atoms with van der Waals surface area (Å²) in [7, 11) is -3.79. The lowest BCUT2D eigenvalue weighted by molar-refractivity contribution is 0.111. The number of pyridine rings is 1. The van der Waals surface area contributed by atoms with Crippen LogP contribution in [0, 0.1) is 0 Å². The second kappa shape index (κ2) is 7.72. The molecule has 0 bridgehead atoms. The highest BCUT2D eigenvalue weighted by atomic mass is 32.2. The molecule has 0 amide bonds. The summed E-state index contributed by atoms with van der Waals surface area (Å²) in [5.74, 6) is 0.474. The van der Waals surface area contributed by atoms with Crippen LogP contribution in [0.2, 0.25) is 0 Å². The summed E-state index contributed by atoms with van der Waals surface area (Å²) < 4.78 is 34.7. The minimum absolute atomic E-state index is 0.118. The molecule has 0 aliphatic heterocycles. The van der Waals surface area contributed by atoms with E-state index in [9.17, 15) is 13.5 Å². The van der Waals surface area contributed by atoms with Gasteiger partial charge >= 0.3 is 0 Å². The molecule has 2 atom stereocenters. The molecule has 126 valence electrons. The number of hydrogen-bond acceptors (Lipinski definition) is 6. The van der Waals surface area contributed by atoms with Gasteiger partial charge in [0, 0.05) is 11.6 Å². The van der Waals surface area contributed by atoms with Crippen LogP contribution < -0.4 is 4.74 Å². The van der Waals surface area contributed by atoms with Gasteiger partial charge < -0.3 is 9.84 Å². The molecule has 1 aromatic heterocycles. The van der Waals surface area contributed by atoms with Crippen LogP contribution in [0.25, 0.3) is 10.9 Å². The predicted octanol–water partition coefficient (Wildman–Crippen LogP) is 2.12. The van der Waals surface area contributed by atoms with E-state index < -0.39 is 28.1 Å². The molecular formula is C16H21NO5S. The van der Waals surface area contributed by atoms with Gasteiger partial charge in [-0.1, -0.05) is 13.0 Å². The van der Waals surface area contributed by atoms with Crippen LogP contribution >= 0.6 is 0 Å². The van der Waals surface area contributed by atoms with E-state index in [1.165, 1.54) is 6.92 Å². The van der Waals surface area contributed by atoms with Crippen LogP contribution in [0.5, 0.6) is 5.75 Å². The maximum Gasteiger partial charge on any atom is 0.273 e. The van der Waals surface area contributed by atoms with E-state index in [0.717, 1.165) is 10.9 Å². The lowest BCUT2D eigenvalue weighted by atomic mass is 10.2. The van der Waals surface area contributed by atoms with Crippen molar-refractivity contribution in [1.82, 2.24) is 4.98 Å². The van der Waals surface area contributed by atoms with Gasteiger partial charge in [-0.05, 0) is 37.6 Å². The number of nitrogens with zero attached hydrogens (tertiary/aromatic N) is 1. The molecule has 0 saturated carbocycles. The van der Waals surface area contributed by atoms with Crippen molar-refractivity contribution in [3.05, 3.63) is 36.5 Å². The van der Waals surface area contributed by atoms with Crippen LogP contribution in [0.3, 0.4) is 0 Å². The van der Waals surface area contributed by atoms with E-state index in [4.69, 9.17) is 8.92 Å². The Morgan fingerprint density at radius 1 is 1.30 bits per heavy atom. The summed E-state index contributed by atoms with van der Waals surface area (Å²) in [5, 5.41) is 9.39. The van der Waals surface area contributed by atoms with Crippen LogP contribution in [-0.2, 0) is 14.3 Å². The summed E-state index contributed by atoms with van der Waals surface area (Å²) >= 11 is 0. The molecule has 0 aliphatic rings. The van der Waals surface area contributed by atoms with Gasteiger partial charge in [0.2, 0.25) is 0 Å². The second-order valence-corrected chi connectivity index (χ2v) is 7.18. The van der Waals surface area contributed by atoms with Gasteiger partial charge in [0.15, 0.2) is 0 Å². The molecule has 0 saturated heterocycles. The third-order valence-corrected chi connectivity index (χ3v) is 5.18. The van der Waals surface area contributed by atoms with Crippen LogP contribution in [0.15, 0.2) is 36.5 Å². The Labute approximate surface area is 136 Å². The first-order valence-corrected chi connectivity index (χ1v) is 8.95. The number of ether oxygens (including phenoxy) is 1. The highest BCUT2D eigenvalue weighted by molar-refractivity contribution is 7.87. The molecule has 1 N–H and O–H groups in total. The summed E-state index contributed by atoms with van der Waals surface area (Å²) in [5.41, 5.74) is 0.812.